The third kappa shape index (κ3) is 2.56. The van der Waals surface area contributed by atoms with Gasteiger partial charge in [-0.1, -0.05) is 17.7 Å². The lowest BCUT2D eigenvalue weighted by Gasteiger charge is -2.31. The van der Waals surface area contributed by atoms with Crippen LogP contribution in [0, 0.1) is 0 Å². The Morgan fingerprint density at radius 1 is 0.963 bits per heavy atom. The molecule has 6 nitrogen and oxygen atoms in total. The van der Waals surface area contributed by atoms with E-state index in [1.54, 1.807) is 35.2 Å². The molecule has 0 spiro atoms. The number of benzene rings is 2. The molecule has 3 aliphatic rings. The lowest BCUT2D eigenvalue weighted by Crippen LogP contribution is -2.37. The fourth-order valence-electron chi connectivity index (χ4n) is 3.76. The van der Waals surface area contributed by atoms with Gasteiger partial charge in [0.15, 0.2) is 11.5 Å². The molecule has 0 fully saturated rings. The highest BCUT2D eigenvalue weighted by Crippen LogP contribution is 2.44. The van der Waals surface area contributed by atoms with Crippen molar-refractivity contribution in [1.82, 2.24) is 0 Å². The minimum absolute atomic E-state index is 0.0730. The van der Waals surface area contributed by atoms with Crippen molar-refractivity contribution in [3.8, 4) is 11.5 Å². The molecule has 1 atom stereocenters. The van der Waals surface area contributed by atoms with E-state index in [4.69, 9.17) is 25.8 Å². The lowest BCUT2D eigenvalue weighted by molar-refractivity contribution is -0.136. The molecule has 0 aromatic heterocycles. The zero-order valence-corrected chi connectivity index (χ0v) is 14.9. The highest BCUT2D eigenvalue weighted by Gasteiger charge is 2.43. The number of hydrogen-bond donors (Lipinski definition) is 0. The second-order valence-electron chi connectivity index (χ2n) is 6.51. The van der Waals surface area contributed by atoms with Gasteiger partial charge in [0.1, 0.15) is 6.61 Å². The fraction of sp³-hybridized carbons (Fsp3) is 0.200. The molecule has 27 heavy (non-hydrogen) atoms. The Kier molecular flexibility index (Phi) is 3.62. The van der Waals surface area contributed by atoms with Gasteiger partial charge in [-0.15, -0.1) is 0 Å². The van der Waals surface area contributed by atoms with Gasteiger partial charge >= 0.3 is 5.97 Å². The highest BCUT2D eigenvalue weighted by molar-refractivity contribution is 6.30. The molecular formula is C20H14ClNO5. The van der Waals surface area contributed by atoms with Crippen LogP contribution in [0.2, 0.25) is 5.02 Å². The van der Waals surface area contributed by atoms with Crippen LogP contribution in [-0.4, -0.2) is 25.3 Å². The summed E-state index contributed by atoms with van der Waals surface area (Å²) in [5.41, 5.74) is 2.60. The molecule has 0 unspecified atom stereocenters. The van der Waals surface area contributed by atoms with E-state index in [0.29, 0.717) is 33.5 Å². The molecule has 3 aliphatic heterocycles. The summed E-state index contributed by atoms with van der Waals surface area (Å²) in [5.74, 6) is 0.414. The summed E-state index contributed by atoms with van der Waals surface area (Å²) in [7, 11) is 0. The average Bonchev–Trinajstić information content (AvgIpc) is 3.28. The Morgan fingerprint density at radius 2 is 1.74 bits per heavy atom. The number of halogens is 1. The average molecular weight is 384 g/mol. The maximum absolute atomic E-state index is 13.0. The third-order valence-electron chi connectivity index (χ3n) is 5.00. The number of esters is 1. The molecule has 0 saturated heterocycles. The predicted octanol–water partition coefficient (Wildman–Crippen LogP) is 3.40. The number of fused-ring (bicyclic) bond motifs is 1. The van der Waals surface area contributed by atoms with Crippen LogP contribution in [0.4, 0.5) is 5.69 Å². The second kappa shape index (κ2) is 6.03. The molecule has 7 heteroatoms. The maximum Gasteiger partial charge on any atom is 0.336 e. The molecule has 2 aromatic carbocycles. The third-order valence-corrected chi connectivity index (χ3v) is 5.25. The van der Waals surface area contributed by atoms with E-state index in [1.165, 1.54) is 0 Å². The first-order chi connectivity index (χ1) is 13.1. The Bertz CT molecular complexity index is 998. The van der Waals surface area contributed by atoms with E-state index in [9.17, 15) is 9.59 Å². The Hall–Kier alpha value is -2.99. The van der Waals surface area contributed by atoms with Crippen LogP contribution in [0.1, 0.15) is 17.9 Å². The summed E-state index contributed by atoms with van der Waals surface area (Å²) >= 11 is 5.95. The van der Waals surface area contributed by atoms with Crippen LogP contribution in [0.3, 0.4) is 0 Å². The van der Waals surface area contributed by atoms with E-state index in [0.717, 1.165) is 5.56 Å². The topological polar surface area (TPSA) is 65.1 Å². The van der Waals surface area contributed by atoms with Gasteiger partial charge in [-0.25, -0.2) is 4.79 Å². The fourth-order valence-corrected chi connectivity index (χ4v) is 3.88. The molecule has 2 aromatic rings. The summed E-state index contributed by atoms with van der Waals surface area (Å²) in [5, 5.41) is 0.578. The number of amides is 1. The SMILES string of the molecule is O=C1OCC2=C1[C@H](c1ccc3c(c1)OCO3)CC(=O)N2c1ccc(Cl)cc1. The molecule has 1 amide bonds. The number of cyclic esters (lactones) is 1. The first-order valence-electron chi connectivity index (χ1n) is 8.50. The van der Waals surface area contributed by atoms with Crippen LogP contribution in [-0.2, 0) is 14.3 Å². The molecule has 0 radical (unpaired) electrons. The smallest absolute Gasteiger partial charge is 0.336 e. The summed E-state index contributed by atoms with van der Waals surface area (Å²) < 4.78 is 16.1. The van der Waals surface area contributed by atoms with Gasteiger partial charge in [-0.3, -0.25) is 9.69 Å². The van der Waals surface area contributed by atoms with Crippen LogP contribution >= 0.6 is 11.6 Å². The van der Waals surface area contributed by atoms with E-state index < -0.39 is 0 Å². The Balaban J connectivity index is 1.60. The molecule has 0 bridgehead atoms. The number of rotatable bonds is 2. The van der Waals surface area contributed by atoms with E-state index in [-0.39, 0.29) is 37.6 Å². The van der Waals surface area contributed by atoms with Gasteiger partial charge < -0.3 is 14.2 Å². The lowest BCUT2D eigenvalue weighted by atomic mass is 9.84. The largest absolute Gasteiger partial charge is 0.456 e. The molecule has 0 aliphatic carbocycles. The number of hydrogen-bond acceptors (Lipinski definition) is 5. The van der Waals surface area contributed by atoms with Crippen LogP contribution in [0.5, 0.6) is 11.5 Å². The first kappa shape index (κ1) is 16.2. The van der Waals surface area contributed by atoms with Crippen molar-refractivity contribution < 1.29 is 23.8 Å². The first-order valence-corrected chi connectivity index (χ1v) is 8.88. The van der Waals surface area contributed by atoms with Gasteiger partial charge in [0.2, 0.25) is 12.7 Å². The molecule has 3 heterocycles. The van der Waals surface area contributed by atoms with Crippen molar-refractivity contribution in [1.29, 1.82) is 0 Å². The number of carbonyl (C=O) groups is 2. The number of ether oxygens (including phenoxy) is 3. The monoisotopic (exact) mass is 383 g/mol. The van der Waals surface area contributed by atoms with Crippen LogP contribution in [0.15, 0.2) is 53.7 Å². The molecular weight excluding hydrogens is 370 g/mol. The summed E-state index contributed by atoms with van der Waals surface area (Å²) in [6.45, 7) is 0.242. The van der Waals surface area contributed by atoms with Gasteiger partial charge in [0.05, 0.1) is 11.3 Å². The maximum atomic E-state index is 13.0. The normalized spacial score (nSPS) is 20.8. The minimum atomic E-state index is -0.390. The van der Waals surface area contributed by atoms with Crippen molar-refractivity contribution in [2.45, 2.75) is 12.3 Å². The number of carbonyl (C=O) groups excluding carboxylic acids is 2. The molecule has 0 N–H and O–H groups in total. The molecule has 5 rings (SSSR count). The zero-order valence-electron chi connectivity index (χ0n) is 14.1. The Labute approximate surface area is 159 Å². The van der Waals surface area contributed by atoms with Crippen molar-refractivity contribution in [2.24, 2.45) is 0 Å². The van der Waals surface area contributed by atoms with Crippen LogP contribution in [0.25, 0.3) is 0 Å². The van der Waals surface area contributed by atoms with Crippen molar-refractivity contribution >= 4 is 29.2 Å². The van der Waals surface area contributed by atoms with E-state index >= 15 is 0 Å². The summed E-state index contributed by atoms with van der Waals surface area (Å²) in [6.07, 6.45) is 0.163. The van der Waals surface area contributed by atoms with Gasteiger partial charge in [-0.2, -0.15) is 0 Å². The predicted molar refractivity (Wildman–Crippen MR) is 96.8 cm³/mol. The second-order valence-corrected chi connectivity index (χ2v) is 6.95. The van der Waals surface area contributed by atoms with Crippen molar-refractivity contribution in [2.75, 3.05) is 18.3 Å². The molecule has 0 saturated carbocycles. The van der Waals surface area contributed by atoms with E-state index in [2.05, 4.69) is 0 Å². The van der Waals surface area contributed by atoms with Gasteiger partial charge in [0, 0.05) is 23.0 Å². The summed E-state index contributed by atoms with van der Waals surface area (Å²) in [4.78, 5) is 27.0. The van der Waals surface area contributed by atoms with Crippen molar-refractivity contribution in [3.05, 3.63) is 64.3 Å². The number of anilines is 1. The zero-order chi connectivity index (χ0) is 18.5. The highest BCUT2D eigenvalue weighted by atomic mass is 35.5. The van der Waals surface area contributed by atoms with Crippen molar-refractivity contribution in [3.63, 3.8) is 0 Å². The molecule has 136 valence electrons. The van der Waals surface area contributed by atoms with Crippen LogP contribution < -0.4 is 14.4 Å². The van der Waals surface area contributed by atoms with Gasteiger partial charge in [-0.05, 0) is 42.0 Å². The van der Waals surface area contributed by atoms with Gasteiger partial charge in [0.25, 0.3) is 0 Å². The minimum Gasteiger partial charge on any atom is -0.456 e. The quantitative estimate of drug-likeness (QED) is 0.744. The Morgan fingerprint density at radius 3 is 2.56 bits per heavy atom. The summed E-state index contributed by atoms with van der Waals surface area (Å²) in [6, 6.07) is 12.4. The van der Waals surface area contributed by atoms with E-state index in [1.807, 2.05) is 12.1 Å². The standard InChI is InChI=1S/C20H14ClNO5/c21-12-2-4-13(5-3-12)22-15-9-25-20(24)19(15)14(8-18(22)23)11-1-6-16-17(7-11)27-10-26-16/h1-7,14H,8-10H2/t14-/m0/s1. The number of nitrogens with zero attached hydrogens (tertiary/aromatic N) is 1.